The van der Waals surface area contributed by atoms with E-state index >= 15 is 0 Å². The van der Waals surface area contributed by atoms with E-state index in [-0.39, 0.29) is 79.9 Å². The van der Waals surface area contributed by atoms with E-state index in [2.05, 4.69) is 20.6 Å². The molecule has 5 N–H and O–H groups in total. The number of nitrogen functional groups attached to an aromatic ring is 1. The van der Waals surface area contributed by atoms with Gasteiger partial charge in [-0.3, -0.25) is 4.79 Å². The number of nitrogens with two attached hydrogens (primary N) is 1. The largest absolute Gasteiger partial charge is 0.478 e. The van der Waals surface area contributed by atoms with Crippen LogP contribution in [0.4, 0.5) is 17.1 Å². The number of anilines is 3. The van der Waals surface area contributed by atoms with Crippen molar-refractivity contribution < 1.29 is 42.9 Å². The third-order valence-electron chi connectivity index (χ3n) is 10.4. The van der Waals surface area contributed by atoms with Gasteiger partial charge in [-0.25, -0.2) is 29.1 Å². The first-order valence-electron chi connectivity index (χ1n) is 18.8. The van der Waals surface area contributed by atoms with Gasteiger partial charge in [0.1, 0.15) is 22.7 Å². The summed E-state index contributed by atoms with van der Waals surface area (Å²) >= 11 is 6.72. The molecule has 0 atom stereocenters. The number of pyridine rings is 2. The predicted octanol–water partition coefficient (Wildman–Crippen LogP) is 8.18. The molecule has 16 heteroatoms. The van der Waals surface area contributed by atoms with E-state index in [0.717, 1.165) is 5.39 Å². The number of carboxylic acid groups (broad SMARTS) is 1. The minimum Gasteiger partial charge on any atom is -0.478 e. The molecule has 0 saturated carbocycles. The second kappa shape index (κ2) is 16.5. The lowest BCUT2D eigenvalue weighted by Gasteiger charge is -2.22. The topological polar surface area (TPSA) is 222 Å². The number of nitrogens with zero attached hydrogens (tertiary/aromatic N) is 2. The molecule has 4 aromatic carbocycles. The fourth-order valence-electron chi connectivity index (χ4n) is 7.37. The van der Waals surface area contributed by atoms with Crippen LogP contribution in [0.5, 0.6) is 0 Å². The van der Waals surface area contributed by atoms with Crippen molar-refractivity contribution in [2.75, 3.05) is 37.7 Å². The summed E-state index contributed by atoms with van der Waals surface area (Å²) in [5.74, 6) is -3.21. The first-order valence-corrected chi connectivity index (χ1v) is 19.2. The summed E-state index contributed by atoms with van der Waals surface area (Å²) in [6.45, 7) is -0.161. The molecular weight excluding hydrogens is 818 g/mol. The van der Waals surface area contributed by atoms with Gasteiger partial charge in [-0.2, -0.15) is 0 Å². The number of halogens is 1. The van der Waals surface area contributed by atoms with Gasteiger partial charge in [-0.15, -0.1) is 0 Å². The van der Waals surface area contributed by atoms with Gasteiger partial charge in [0.15, 0.2) is 0 Å². The number of hydrogen-bond acceptors (Lipinski definition) is 14. The summed E-state index contributed by atoms with van der Waals surface area (Å²) in [7, 11) is 3.73. The number of benzene rings is 5. The van der Waals surface area contributed by atoms with Crippen molar-refractivity contribution in [1.29, 1.82) is 0 Å². The number of fused-ring (bicyclic) bond motifs is 4. The van der Waals surface area contributed by atoms with Gasteiger partial charge in [0.2, 0.25) is 5.43 Å². The number of ether oxygens (including phenoxy) is 3. The molecule has 8 rings (SSSR count). The Balaban J connectivity index is 1.36. The van der Waals surface area contributed by atoms with Gasteiger partial charge in [0.05, 0.1) is 65.5 Å². The monoisotopic (exact) mass is 851 g/mol. The minimum absolute atomic E-state index is 0.0183. The van der Waals surface area contributed by atoms with Crippen LogP contribution in [0.3, 0.4) is 0 Å². The van der Waals surface area contributed by atoms with Crippen LogP contribution in [0.1, 0.15) is 52.8 Å². The lowest BCUT2D eigenvalue weighted by Crippen LogP contribution is -2.17. The first kappa shape index (κ1) is 40.7. The molecule has 0 fully saturated rings. The second-order valence-electron chi connectivity index (χ2n) is 13.9. The number of hydrogen-bond donors (Lipinski definition) is 4. The zero-order valence-corrected chi connectivity index (χ0v) is 33.9. The Bertz CT molecular complexity index is 3200. The molecule has 0 unspecified atom stereocenters. The number of nitrogens with one attached hydrogen (secondary N) is 2. The van der Waals surface area contributed by atoms with Crippen molar-refractivity contribution in [2.45, 2.75) is 13.1 Å². The third-order valence-corrected chi connectivity index (χ3v) is 10.7. The number of methoxy groups -OCH3 is 3. The number of carbonyl (C=O) groups is 4. The summed E-state index contributed by atoms with van der Waals surface area (Å²) in [6.07, 6.45) is 0. The molecule has 6 aromatic rings. The summed E-state index contributed by atoms with van der Waals surface area (Å²) in [6, 6.07) is 26.0. The zero-order chi connectivity index (χ0) is 43.8. The highest BCUT2D eigenvalue weighted by Crippen LogP contribution is 2.45. The zero-order valence-electron chi connectivity index (χ0n) is 33.1. The van der Waals surface area contributed by atoms with Gasteiger partial charge < -0.3 is 40.1 Å². The average molecular weight is 852 g/mol. The van der Waals surface area contributed by atoms with E-state index in [1.54, 1.807) is 54.6 Å². The first-order chi connectivity index (χ1) is 29.9. The molecule has 1 aliphatic heterocycles. The van der Waals surface area contributed by atoms with E-state index in [1.165, 1.54) is 45.6 Å². The van der Waals surface area contributed by atoms with Crippen molar-refractivity contribution in [3.63, 3.8) is 0 Å². The van der Waals surface area contributed by atoms with Crippen LogP contribution in [0, 0.1) is 0 Å². The van der Waals surface area contributed by atoms with Crippen LogP contribution in [-0.2, 0) is 27.3 Å². The number of carboxylic acids is 1. The summed E-state index contributed by atoms with van der Waals surface area (Å²) in [5.41, 5.74) is 9.66. The Morgan fingerprint density at radius 1 is 0.710 bits per heavy atom. The van der Waals surface area contributed by atoms with Crippen molar-refractivity contribution in [2.24, 2.45) is 0 Å². The number of aromatic carboxylic acids is 1. The lowest BCUT2D eigenvalue weighted by atomic mass is 9.87. The van der Waals surface area contributed by atoms with Crippen LogP contribution < -0.4 is 21.8 Å². The Morgan fingerprint density at radius 3 is 1.85 bits per heavy atom. The number of carbonyl (C=O) groups excluding carboxylic acids is 3. The third kappa shape index (κ3) is 7.30. The van der Waals surface area contributed by atoms with Gasteiger partial charge in [-0.05, 0) is 66.2 Å². The second-order valence-corrected chi connectivity index (χ2v) is 14.3. The van der Waals surface area contributed by atoms with E-state index in [0.29, 0.717) is 38.7 Å². The maximum absolute atomic E-state index is 14.1. The molecule has 2 aliphatic rings. The highest BCUT2D eigenvalue weighted by atomic mass is 35.5. The number of rotatable bonds is 11. The molecule has 0 bridgehead atoms. The van der Waals surface area contributed by atoms with Crippen LogP contribution in [0.25, 0.3) is 55.2 Å². The van der Waals surface area contributed by atoms with Crippen molar-refractivity contribution in [3.05, 3.63) is 146 Å². The smallest absolute Gasteiger partial charge is 0.356 e. The van der Waals surface area contributed by atoms with Crippen molar-refractivity contribution in [1.82, 2.24) is 9.97 Å². The summed E-state index contributed by atoms with van der Waals surface area (Å²) in [4.78, 5) is 73.8. The molecule has 62 heavy (non-hydrogen) atoms. The number of esters is 3. The van der Waals surface area contributed by atoms with Gasteiger partial charge >= 0.3 is 23.9 Å². The molecule has 310 valence electrons. The molecule has 2 aromatic heterocycles. The quantitative estimate of drug-likeness (QED) is 0.0417. The molecule has 1 aliphatic carbocycles. The SMILES string of the molecule is COC(=O)c1ccc(C(=O)O)c(-c2c3cc(Cl)c(=O)c(CNc4cccc5ccc(C(=O)OC)nc45)c-3oc3c(CNc4cccc5ccc(C(=O)OC)nc45)c(N)ccc23)c1. The minimum atomic E-state index is -1.30. The van der Waals surface area contributed by atoms with E-state index in [4.69, 9.17) is 36.0 Å². The van der Waals surface area contributed by atoms with E-state index < -0.39 is 29.3 Å². The van der Waals surface area contributed by atoms with E-state index in [1.807, 2.05) is 18.2 Å². The normalized spacial score (nSPS) is 11.2. The molecule has 15 nitrogen and oxygen atoms in total. The highest BCUT2D eigenvalue weighted by Gasteiger charge is 2.29. The standard InChI is InChI=1S/C46H34ClN5O10/c1-59-44(56)24-10-13-25(43(54)55)27(18-24)37-26-14-15-32(48)29(20-49-33-8-4-6-22-11-16-35(45(57)60-2)51-38(22)33)41(26)62-42-28(37)19-31(47)40(53)30(42)21-50-34-9-5-7-23-12-17-36(46(58)61-3)52-39(23)34/h4-19,49-50H,20-21,48H2,1-3H3,(H,54,55). The van der Waals surface area contributed by atoms with Crippen LogP contribution in [0.2, 0.25) is 5.02 Å². The molecule has 0 spiro atoms. The fourth-order valence-corrected chi connectivity index (χ4v) is 7.60. The highest BCUT2D eigenvalue weighted by molar-refractivity contribution is 6.31. The molecular formula is C46H34ClN5O10. The van der Waals surface area contributed by atoms with Crippen LogP contribution in [0.15, 0.2) is 106 Å². The fraction of sp³-hybridized carbons (Fsp3) is 0.109. The lowest BCUT2D eigenvalue weighted by molar-refractivity contribution is 0.0586. The van der Waals surface area contributed by atoms with E-state index in [9.17, 15) is 29.1 Å². The Morgan fingerprint density at radius 2 is 1.29 bits per heavy atom. The van der Waals surface area contributed by atoms with Crippen molar-refractivity contribution >= 4 is 85.3 Å². The van der Waals surface area contributed by atoms with Crippen molar-refractivity contribution in [3.8, 4) is 22.5 Å². The molecule has 0 saturated heterocycles. The van der Waals surface area contributed by atoms with Gasteiger partial charge in [0.25, 0.3) is 0 Å². The Hall–Kier alpha value is -8.04. The molecule has 3 heterocycles. The Kier molecular flexibility index (Phi) is 10.9. The molecule has 0 amide bonds. The van der Waals surface area contributed by atoms with Crippen LogP contribution in [-0.4, -0.2) is 60.3 Å². The maximum atomic E-state index is 14.1. The predicted molar refractivity (Wildman–Crippen MR) is 233 cm³/mol. The van der Waals surface area contributed by atoms with Gasteiger partial charge in [-0.1, -0.05) is 48.0 Å². The summed E-state index contributed by atoms with van der Waals surface area (Å²) < 4.78 is 21.5. The van der Waals surface area contributed by atoms with Gasteiger partial charge in [0, 0.05) is 51.6 Å². The molecule has 0 radical (unpaired) electrons. The number of para-hydroxylation sites is 2. The number of aromatic nitrogens is 2. The maximum Gasteiger partial charge on any atom is 0.356 e. The average Bonchev–Trinajstić information content (AvgIpc) is 3.29. The summed E-state index contributed by atoms with van der Waals surface area (Å²) in [5, 5.41) is 18.7. The van der Waals surface area contributed by atoms with Crippen LogP contribution >= 0.6 is 11.6 Å². The Labute approximate surface area is 356 Å².